The van der Waals surface area contributed by atoms with E-state index in [9.17, 15) is 0 Å². The van der Waals surface area contributed by atoms with Crippen LogP contribution < -0.4 is 4.90 Å². The highest BCUT2D eigenvalue weighted by atomic mass is 32.1. The second-order valence-corrected chi connectivity index (χ2v) is 15.3. The topological polar surface area (TPSA) is 16.4 Å². The van der Waals surface area contributed by atoms with Crippen LogP contribution in [0, 0.1) is 0 Å². The van der Waals surface area contributed by atoms with E-state index in [0.29, 0.717) is 0 Å². The zero-order valence-corrected chi connectivity index (χ0v) is 29.9. The van der Waals surface area contributed by atoms with Crippen molar-refractivity contribution in [1.82, 2.24) is 0 Å². The first-order valence-electron chi connectivity index (χ1n) is 18.2. The molecule has 2 aromatic heterocycles. The standard InChI is InChI=1S/C50H33NOS/c1-50(44-16-8-5-13-38(44)39-14-6-9-17-45(39)50)34-21-27-46-42(29-34)40-26-24-37(31-47(40)52-46)51(35-22-19-33(20-23-35)32-11-3-2-4-12-32)36-25-28-49-43(30-36)41-15-7-10-18-48(41)53-49/h2-31H,1H3. The molecule has 0 unspecified atom stereocenters. The fraction of sp³-hybridized carbons (Fsp3) is 0.0400. The van der Waals surface area contributed by atoms with E-state index in [0.717, 1.165) is 39.0 Å². The predicted molar refractivity (Wildman–Crippen MR) is 224 cm³/mol. The molecule has 8 aromatic carbocycles. The average Bonchev–Trinajstić information content (AvgIpc) is 3.86. The Balaban J connectivity index is 1.06. The van der Waals surface area contributed by atoms with Gasteiger partial charge in [-0.15, -0.1) is 11.3 Å². The number of nitrogens with zero attached hydrogens (tertiary/aromatic N) is 1. The summed E-state index contributed by atoms with van der Waals surface area (Å²) in [5.74, 6) is 0. The van der Waals surface area contributed by atoms with Crippen LogP contribution in [0.5, 0.6) is 0 Å². The van der Waals surface area contributed by atoms with Crippen molar-refractivity contribution >= 4 is 70.5 Å². The van der Waals surface area contributed by atoms with Crippen molar-refractivity contribution in [1.29, 1.82) is 0 Å². The first-order valence-corrected chi connectivity index (χ1v) is 19.0. The maximum atomic E-state index is 6.67. The third kappa shape index (κ3) is 4.57. The van der Waals surface area contributed by atoms with Gasteiger partial charge in [-0.1, -0.05) is 115 Å². The van der Waals surface area contributed by atoms with E-state index in [1.165, 1.54) is 59.1 Å². The van der Waals surface area contributed by atoms with Gasteiger partial charge in [0.1, 0.15) is 11.2 Å². The SMILES string of the molecule is CC1(c2ccc3oc4cc(N(c5ccc(-c6ccccc6)cc5)c5ccc6sc7ccccc7c6c5)ccc4c3c2)c2ccccc2-c2ccccc21. The largest absolute Gasteiger partial charge is 0.456 e. The summed E-state index contributed by atoms with van der Waals surface area (Å²) in [4.78, 5) is 2.35. The summed E-state index contributed by atoms with van der Waals surface area (Å²) in [7, 11) is 0. The van der Waals surface area contributed by atoms with Gasteiger partial charge >= 0.3 is 0 Å². The molecule has 0 radical (unpaired) electrons. The Morgan fingerprint density at radius 3 is 1.85 bits per heavy atom. The summed E-state index contributed by atoms with van der Waals surface area (Å²) >= 11 is 1.85. The molecule has 53 heavy (non-hydrogen) atoms. The molecule has 0 saturated heterocycles. The van der Waals surface area contributed by atoms with Crippen LogP contribution in [0.15, 0.2) is 186 Å². The normalized spacial score (nSPS) is 13.2. The number of rotatable bonds is 5. The maximum Gasteiger partial charge on any atom is 0.137 e. The zero-order valence-electron chi connectivity index (χ0n) is 29.1. The summed E-state index contributed by atoms with van der Waals surface area (Å²) in [6.45, 7) is 2.37. The molecule has 3 heteroatoms. The van der Waals surface area contributed by atoms with Crippen LogP contribution in [0.1, 0.15) is 23.6 Å². The molecule has 0 spiro atoms. The Kier molecular flexibility index (Phi) is 6.58. The van der Waals surface area contributed by atoms with E-state index in [4.69, 9.17) is 4.42 Å². The van der Waals surface area contributed by atoms with Gasteiger partial charge in [-0.05, 0) is 107 Å². The van der Waals surface area contributed by atoms with Gasteiger partial charge in [0.05, 0.1) is 0 Å². The van der Waals surface area contributed by atoms with E-state index < -0.39 is 0 Å². The van der Waals surface area contributed by atoms with Crippen molar-refractivity contribution in [2.45, 2.75) is 12.3 Å². The average molecular weight is 696 g/mol. The molecule has 1 aliphatic carbocycles. The van der Waals surface area contributed by atoms with Gasteiger partial charge in [0.2, 0.25) is 0 Å². The summed E-state index contributed by atoms with van der Waals surface area (Å²) < 4.78 is 9.27. The Bertz CT molecular complexity index is 2980. The molecule has 0 fully saturated rings. The van der Waals surface area contributed by atoms with E-state index >= 15 is 0 Å². The predicted octanol–water partition coefficient (Wildman–Crippen LogP) is 14.4. The lowest BCUT2D eigenvalue weighted by Crippen LogP contribution is -2.22. The number of anilines is 3. The summed E-state index contributed by atoms with van der Waals surface area (Å²) in [5.41, 5.74) is 13.8. The maximum absolute atomic E-state index is 6.67. The molecule has 0 bridgehead atoms. The molecule has 10 aromatic rings. The molecule has 0 atom stereocenters. The van der Waals surface area contributed by atoms with Gasteiger partial charge in [0.25, 0.3) is 0 Å². The van der Waals surface area contributed by atoms with Gasteiger partial charge < -0.3 is 9.32 Å². The van der Waals surface area contributed by atoms with Crippen LogP contribution >= 0.6 is 11.3 Å². The molecule has 0 amide bonds. The molecule has 2 nitrogen and oxygen atoms in total. The second-order valence-electron chi connectivity index (χ2n) is 14.2. The summed E-state index contributed by atoms with van der Waals surface area (Å²) in [6, 6.07) is 66.2. The van der Waals surface area contributed by atoms with Gasteiger partial charge in [-0.3, -0.25) is 0 Å². The van der Waals surface area contributed by atoms with Crippen LogP contribution in [0.3, 0.4) is 0 Å². The summed E-state index contributed by atoms with van der Waals surface area (Å²) in [5, 5.41) is 4.82. The minimum Gasteiger partial charge on any atom is -0.456 e. The van der Waals surface area contributed by atoms with E-state index in [2.05, 4.69) is 194 Å². The Labute approximate surface area is 311 Å². The quantitative estimate of drug-likeness (QED) is 0.178. The third-order valence-corrected chi connectivity index (χ3v) is 12.5. The minimum atomic E-state index is -0.266. The Morgan fingerprint density at radius 1 is 0.434 bits per heavy atom. The first kappa shape index (κ1) is 30.2. The van der Waals surface area contributed by atoms with Crippen molar-refractivity contribution in [2.75, 3.05) is 4.90 Å². The molecular formula is C50H33NOS. The highest BCUT2D eigenvalue weighted by Gasteiger charge is 2.40. The highest BCUT2D eigenvalue weighted by molar-refractivity contribution is 7.25. The summed E-state index contributed by atoms with van der Waals surface area (Å²) in [6.07, 6.45) is 0. The molecule has 11 rings (SSSR count). The van der Waals surface area contributed by atoms with Crippen molar-refractivity contribution in [3.8, 4) is 22.3 Å². The number of benzene rings is 8. The van der Waals surface area contributed by atoms with Crippen molar-refractivity contribution in [3.63, 3.8) is 0 Å². The number of hydrogen-bond acceptors (Lipinski definition) is 3. The molecule has 1 aliphatic rings. The molecular weight excluding hydrogens is 663 g/mol. The number of fused-ring (bicyclic) bond motifs is 9. The number of furan rings is 1. The fourth-order valence-corrected chi connectivity index (χ4v) is 9.80. The molecule has 0 aliphatic heterocycles. The highest BCUT2D eigenvalue weighted by Crippen LogP contribution is 2.53. The van der Waals surface area contributed by atoms with Gasteiger partial charge in [-0.2, -0.15) is 0 Å². The van der Waals surface area contributed by atoms with Crippen LogP contribution in [0.2, 0.25) is 0 Å². The van der Waals surface area contributed by atoms with Crippen LogP contribution in [-0.2, 0) is 5.41 Å². The number of hydrogen-bond donors (Lipinski definition) is 0. The Hall–Kier alpha value is -6.42. The molecule has 2 heterocycles. The van der Waals surface area contributed by atoms with Crippen molar-refractivity contribution in [3.05, 3.63) is 199 Å². The molecule has 0 saturated carbocycles. The second kappa shape index (κ2) is 11.5. The zero-order chi connectivity index (χ0) is 35.1. The monoisotopic (exact) mass is 695 g/mol. The third-order valence-electron chi connectivity index (χ3n) is 11.4. The van der Waals surface area contributed by atoms with E-state index in [1.807, 2.05) is 11.3 Å². The van der Waals surface area contributed by atoms with E-state index in [-0.39, 0.29) is 5.41 Å². The van der Waals surface area contributed by atoms with Gasteiger partial charge in [0.15, 0.2) is 0 Å². The smallest absolute Gasteiger partial charge is 0.137 e. The van der Waals surface area contributed by atoms with Crippen LogP contribution in [-0.4, -0.2) is 0 Å². The lowest BCUT2D eigenvalue weighted by Gasteiger charge is -2.28. The molecule has 0 N–H and O–H groups in total. The van der Waals surface area contributed by atoms with E-state index in [1.54, 1.807) is 0 Å². The first-order chi connectivity index (χ1) is 26.1. The lowest BCUT2D eigenvalue weighted by atomic mass is 9.74. The fourth-order valence-electron chi connectivity index (χ4n) is 8.71. The van der Waals surface area contributed by atoms with Crippen molar-refractivity contribution in [2.24, 2.45) is 0 Å². The lowest BCUT2D eigenvalue weighted by molar-refractivity contribution is 0.667. The van der Waals surface area contributed by atoms with Crippen molar-refractivity contribution < 1.29 is 4.42 Å². The van der Waals surface area contributed by atoms with Crippen LogP contribution in [0.25, 0.3) is 64.4 Å². The van der Waals surface area contributed by atoms with Gasteiger partial charge in [-0.25, -0.2) is 0 Å². The number of thiophene rings is 1. The van der Waals surface area contributed by atoms with Crippen LogP contribution in [0.4, 0.5) is 17.1 Å². The van der Waals surface area contributed by atoms with Gasteiger partial charge in [0, 0.05) is 59.5 Å². The Morgan fingerprint density at radius 2 is 1.06 bits per heavy atom. The minimum absolute atomic E-state index is 0.266. The molecule has 250 valence electrons.